The summed E-state index contributed by atoms with van der Waals surface area (Å²) < 4.78 is 37.4. The summed E-state index contributed by atoms with van der Waals surface area (Å²) >= 11 is 0. The topological polar surface area (TPSA) is 25.8 Å². The zero-order chi connectivity index (χ0) is 11.6. The van der Waals surface area contributed by atoms with Gasteiger partial charge in [-0.1, -0.05) is 12.1 Å². The lowest BCUT2D eigenvalue weighted by atomic mass is 10.1. The van der Waals surface area contributed by atoms with Gasteiger partial charge in [0.25, 0.3) is 0 Å². The van der Waals surface area contributed by atoms with E-state index in [1.165, 1.54) is 18.6 Å². The summed E-state index contributed by atoms with van der Waals surface area (Å²) in [5, 5.41) is 0. The van der Waals surface area contributed by atoms with Crippen molar-refractivity contribution >= 4 is 0 Å². The molecule has 0 aliphatic heterocycles. The fraction of sp³-hybridized carbons (Fsp3) is 0.0909. The molecule has 1 heterocycles. The molecule has 5 heteroatoms. The summed E-state index contributed by atoms with van der Waals surface area (Å²) in [6.45, 7) is 0. The number of nitrogens with zero attached hydrogens (tertiary/aromatic N) is 2. The van der Waals surface area contributed by atoms with Crippen molar-refractivity contribution in [3.8, 4) is 11.3 Å². The maximum atomic E-state index is 12.5. The van der Waals surface area contributed by atoms with Crippen LogP contribution in [-0.4, -0.2) is 9.97 Å². The summed E-state index contributed by atoms with van der Waals surface area (Å²) in [4.78, 5) is 7.60. The van der Waals surface area contributed by atoms with Crippen LogP contribution in [0.5, 0.6) is 0 Å². The highest BCUT2D eigenvalue weighted by Crippen LogP contribution is 2.31. The zero-order valence-electron chi connectivity index (χ0n) is 8.07. The van der Waals surface area contributed by atoms with Gasteiger partial charge in [-0.15, -0.1) is 0 Å². The van der Waals surface area contributed by atoms with Crippen LogP contribution < -0.4 is 0 Å². The number of benzene rings is 1. The Labute approximate surface area is 89.8 Å². The third-order valence-electron chi connectivity index (χ3n) is 2.07. The lowest BCUT2D eigenvalue weighted by molar-refractivity contribution is -0.137. The maximum Gasteiger partial charge on any atom is 0.416 e. The van der Waals surface area contributed by atoms with E-state index in [4.69, 9.17) is 0 Å². The van der Waals surface area contributed by atoms with E-state index in [1.807, 2.05) is 0 Å². The van der Waals surface area contributed by atoms with E-state index in [2.05, 4.69) is 9.97 Å². The maximum absolute atomic E-state index is 12.5. The van der Waals surface area contributed by atoms with Crippen LogP contribution in [0.1, 0.15) is 5.56 Å². The molecule has 0 aliphatic carbocycles. The van der Waals surface area contributed by atoms with E-state index >= 15 is 0 Å². The fourth-order valence-corrected chi connectivity index (χ4v) is 1.32. The van der Waals surface area contributed by atoms with Gasteiger partial charge in [0.1, 0.15) is 6.33 Å². The van der Waals surface area contributed by atoms with Gasteiger partial charge >= 0.3 is 6.18 Å². The second kappa shape index (κ2) is 3.92. The number of hydrogen-bond acceptors (Lipinski definition) is 2. The van der Waals surface area contributed by atoms with Crippen molar-refractivity contribution in [3.05, 3.63) is 48.4 Å². The molecule has 0 saturated heterocycles. The molecule has 0 amide bonds. The number of halogens is 3. The first-order valence-electron chi connectivity index (χ1n) is 4.51. The highest BCUT2D eigenvalue weighted by molar-refractivity contribution is 5.59. The Morgan fingerprint density at radius 3 is 2.50 bits per heavy atom. The first-order valence-corrected chi connectivity index (χ1v) is 4.51. The Morgan fingerprint density at radius 1 is 1.06 bits per heavy atom. The van der Waals surface area contributed by atoms with Gasteiger partial charge in [0.2, 0.25) is 0 Å². The molecule has 0 atom stereocenters. The molecule has 1 aromatic carbocycles. The summed E-state index contributed by atoms with van der Waals surface area (Å²) in [5.41, 5.74) is 0.224. The minimum Gasteiger partial charge on any atom is -0.245 e. The van der Waals surface area contributed by atoms with Crippen molar-refractivity contribution < 1.29 is 13.2 Å². The molecule has 1 aromatic heterocycles. The van der Waals surface area contributed by atoms with E-state index in [9.17, 15) is 13.2 Å². The average Bonchev–Trinajstić information content (AvgIpc) is 2.29. The quantitative estimate of drug-likeness (QED) is 0.743. The minimum atomic E-state index is -4.33. The summed E-state index contributed by atoms with van der Waals surface area (Å²) in [6.07, 6.45) is -1.54. The first kappa shape index (κ1) is 10.6. The average molecular weight is 224 g/mol. The molecule has 82 valence electrons. The zero-order valence-corrected chi connectivity index (χ0v) is 8.07. The van der Waals surface area contributed by atoms with Crippen molar-refractivity contribution in [2.75, 3.05) is 0 Å². The molecular weight excluding hydrogens is 217 g/mol. The number of rotatable bonds is 1. The molecular formula is C11H7F3N2. The van der Waals surface area contributed by atoms with Crippen LogP contribution in [0, 0.1) is 0 Å². The third kappa shape index (κ3) is 2.18. The summed E-state index contributed by atoms with van der Waals surface area (Å²) in [5.74, 6) is 0. The molecule has 2 aromatic rings. The summed E-state index contributed by atoms with van der Waals surface area (Å²) in [7, 11) is 0. The van der Waals surface area contributed by atoms with Crippen LogP contribution in [0.4, 0.5) is 13.2 Å². The SMILES string of the molecule is FC(F)(F)c1cccc(-c2ccncn2)c1. The molecule has 0 radical (unpaired) electrons. The van der Waals surface area contributed by atoms with Gasteiger partial charge in [0.15, 0.2) is 0 Å². The highest BCUT2D eigenvalue weighted by Gasteiger charge is 2.30. The van der Waals surface area contributed by atoms with E-state index < -0.39 is 11.7 Å². The van der Waals surface area contributed by atoms with E-state index in [-0.39, 0.29) is 0 Å². The molecule has 0 saturated carbocycles. The van der Waals surface area contributed by atoms with Gasteiger partial charge in [0.05, 0.1) is 11.3 Å². The smallest absolute Gasteiger partial charge is 0.245 e. The van der Waals surface area contributed by atoms with Crippen LogP contribution in [-0.2, 0) is 6.18 Å². The Hall–Kier alpha value is -1.91. The van der Waals surface area contributed by atoms with Gasteiger partial charge < -0.3 is 0 Å². The van der Waals surface area contributed by atoms with Crippen LogP contribution in [0.25, 0.3) is 11.3 Å². The van der Waals surface area contributed by atoms with Crippen molar-refractivity contribution in [1.29, 1.82) is 0 Å². The summed E-state index contributed by atoms with van der Waals surface area (Å²) in [6, 6.07) is 6.61. The van der Waals surface area contributed by atoms with Crippen molar-refractivity contribution in [2.24, 2.45) is 0 Å². The molecule has 0 spiro atoms. The predicted octanol–water partition coefficient (Wildman–Crippen LogP) is 3.16. The van der Waals surface area contributed by atoms with Gasteiger partial charge in [0, 0.05) is 11.8 Å². The van der Waals surface area contributed by atoms with Crippen molar-refractivity contribution in [1.82, 2.24) is 9.97 Å². The largest absolute Gasteiger partial charge is 0.416 e. The number of alkyl halides is 3. The number of hydrogen-bond donors (Lipinski definition) is 0. The van der Waals surface area contributed by atoms with Crippen molar-refractivity contribution in [3.63, 3.8) is 0 Å². The molecule has 0 N–H and O–H groups in total. The Kier molecular flexibility index (Phi) is 2.60. The fourth-order valence-electron chi connectivity index (χ4n) is 1.32. The molecule has 0 unspecified atom stereocenters. The first-order chi connectivity index (χ1) is 7.57. The van der Waals surface area contributed by atoms with Gasteiger partial charge in [-0.2, -0.15) is 13.2 Å². The normalized spacial score (nSPS) is 11.4. The van der Waals surface area contributed by atoms with Crippen LogP contribution >= 0.6 is 0 Å². The van der Waals surface area contributed by atoms with Crippen LogP contribution in [0.3, 0.4) is 0 Å². The second-order valence-corrected chi connectivity index (χ2v) is 3.17. The van der Waals surface area contributed by atoms with Crippen molar-refractivity contribution in [2.45, 2.75) is 6.18 Å². The highest BCUT2D eigenvalue weighted by atomic mass is 19.4. The van der Waals surface area contributed by atoms with Gasteiger partial charge in [-0.25, -0.2) is 9.97 Å². The Bertz CT molecular complexity index is 480. The monoisotopic (exact) mass is 224 g/mol. The predicted molar refractivity (Wildman–Crippen MR) is 52.5 cm³/mol. The van der Waals surface area contributed by atoms with Gasteiger partial charge in [-0.3, -0.25) is 0 Å². The molecule has 2 rings (SSSR count). The number of aromatic nitrogens is 2. The van der Waals surface area contributed by atoms with E-state index in [0.717, 1.165) is 12.1 Å². The molecule has 16 heavy (non-hydrogen) atoms. The molecule has 0 aliphatic rings. The Balaban J connectivity index is 2.45. The second-order valence-electron chi connectivity index (χ2n) is 3.17. The lowest BCUT2D eigenvalue weighted by Crippen LogP contribution is -2.04. The van der Waals surface area contributed by atoms with Crippen LogP contribution in [0.15, 0.2) is 42.9 Å². The molecule has 2 nitrogen and oxygen atoms in total. The van der Waals surface area contributed by atoms with E-state index in [0.29, 0.717) is 11.3 Å². The lowest BCUT2D eigenvalue weighted by Gasteiger charge is -2.07. The Morgan fingerprint density at radius 2 is 1.88 bits per heavy atom. The molecule has 0 fully saturated rings. The standard InChI is InChI=1S/C11H7F3N2/c12-11(13,14)9-3-1-2-8(6-9)10-4-5-15-7-16-10/h1-7H. The van der Waals surface area contributed by atoms with Crippen LogP contribution in [0.2, 0.25) is 0 Å². The minimum absolute atomic E-state index is 0.428. The third-order valence-corrected chi connectivity index (χ3v) is 2.07. The van der Waals surface area contributed by atoms with Gasteiger partial charge in [-0.05, 0) is 18.2 Å². The van der Waals surface area contributed by atoms with E-state index in [1.54, 1.807) is 12.1 Å². The molecule has 0 bridgehead atoms.